The number of rotatable bonds is 3. The minimum absolute atomic E-state index is 0.0128. The van der Waals surface area contributed by atoms with Crippen molar-refractivity contribution in [3.63, 3.8) is 0 Å². The van der Waals surface area contributed by atoms with Gasteiger partial charge in [-0.3, -0.25) is 14.4 Å². The van der Waals surface area contributed by atoms with Gasteiger partial charge in [-0.2, -0.15) is 18.3 Å². The minimum Gasteiger partial charge on any atom is -0.340 e. The zero-order chi connectivity index (χ0) is 17.5. The molecular weight excluding hydrogens is 389 g/mol. The largest absolute Gasteiger partial charge is 0.436 e. The zero-order valence-corrected chi connectivity index (χ0v) is 15.0. The molecule has 2 fully saturated rings. The summed E-state index contributed by atoms with van der Waals surface area (Å²) in [5.41, 5.74) is -0.553. The highest BCUT2D eigenvalue weighted by molar-refractivity contribution is 9.10. The highest BCUT2D eigenvalue weighted by Gasteiger charge is 2.38. The second-order valence-electron chi connectivity index (χ2n) is 6.39. The van der Waals surface area contributed by atoms with E-state index in [-0.39, 0.29) is 23.3 Å². The number of amides is 1. The number of carbonyl (C=O) groups excluding carboxylic acids is 1. The number of aromatic nitrogens is 2. The third kappa shape index (κ3) is 3.46. The summed E-state index contributed by atoms with van der Waals surface area (Å²) >= 11 is 2.95. The maximum atomic E-state index is 12.9. The maximum Gasteiger partial charge on any atom is 0.436 e. The van der Waals surface area contributed by atoms with Crippen LogP contribution >= 0.6 is 15.9 Å². The molecule has 3 heterocycles. The van der Waals surface area contributed by atoms with Gasteiger partial charge in [0.2, 0.25) is 5.91 Å². The molecule has 3 rings (SSSR count). The smallest absolute Gasteiger partial charge is 0.340 e. The fourth-order valence-electron chi connectivity index (χ4n) is 3.50. The van der Waals surface area contributed by atoms with Crippen molar-refractivity contribution in [2.75, 3.05) is 26.2 Å². The maximum absolute atomic E-state index is 12.9. The van der Waals surface area contributed by atoms with Crippen molar-refractivity contribution in [3.05, 3.63) is 15.9 Å². The van der Waals surface area contributed by atoms with Crippen LogP contribution in [0.15, 0.2) is 4.47 Å². The van der Waals surface area contributed by atoms with Crippen molar-refractivity contribution in [2.24, 2.45) is 0 Å². The Kier molecular flexibility index (Phi) is 4.92. The third-order valence-corrected chi connectivity index (χ3v) is 5.83. The molecule has 134 valence electrons. The van der Waals surface area contributed by atoms with Crippen molar-refractivity contribution >= 4 is 21.8 Å². The quantitative estimate of drug-likeness (QED) is 0.771. The van der Waals surface area contributed by atoms with Gasteiger partial charge in [0.25, 0.3) is 0 Å². The molecule has 0 N–H and O–H groups in total. The molecule has 9 heteroatoms. The predicted octanol–water partition coefficient (Wildman–Crippen LogP) is 2.67. The van der Waals surface area contributed by atoms with Crippen LogP contribution in [-0.4, -0.2) is 57.7 Å². The molecule has 2 aliphatic heterocycles. The van der Waals surface area contributed by atoms with Crippen LogP contribution in [0.1, 0.15) is 30.7 Å². The normalized spacial score (nSPS) is 22.0. The first-order valence-electron chi connectivity index (χ1n) is 8.09. The number of carbonyl (C=O) groups is 1. The van der Waals surface area contributed by atoms with Gasteiger partial charge in [0.15, 0.2) is 5.69 Å². The van der Waals surface area contributed by atoms with Gasteiger partial charge in [-0.05, 0) is 42.2 Å². The Hall–Kier alpha value is -1.09. The second-order valence-corrected chi connectivity index (χ2v) is 7.18. The van der Waals surface area contributed by atoms with Gasteiger partial charge in [0, 0.05) is 32.1 Å². The molecule has 0 saturated carbocycles. The number of piperazine rings is 1. The lowest BCUT2D eigenvalue weighted by atomic mass is 10.1. The summed E-state index contributed by atoms with van der Waals surface area (Å²) in [6, 6.07) is 0.445. The molecule has 0 bridgehead atoms. The zero-order valence-electron chi connectivity index (χ0n) is 13.4. The third-order valence-electron chi connectivity index (χ3n) is 4.88. The van der Waals surface area contributed by atoms with E-state index in [1.165, 1.54) is 11.1 Å². The van der Waals surface area contributed by atoms with E-state index in [1.54, 1.807) is 6.92 Å². The number of hydrogen-bond donors (Lipinski definition) is 0. The van der Waals surface area contributed by atoms with Crippen LogP contribution in [0.2, 0.25) is 0 Å². The molecule has 0 aliphatic carbocycles. The molecule has 1 aromatic heterocycles. The molecule has 2 aliphatic rings. The van der Waals surface area contributed by atoms with E-state index in [0.717, 1.165) is 26.1 Å². The van der Waals surface area contributed by atoms with Gasteiger partial charge in [-0.25, -0.2) is 0 Å². The lowest BCUT2D eigenvalue weighted by Crippen LogP contribution is -2.52. The summed E-state index contributed by atoms with van der Waals surface area (Å²) in [7, 11) is 0. The Morgan fingerprint density at radius 2 is 2.08 bits per heavy atom. The van der Waals surface area contributed by atoms with E-state index in [4.69, 9.17) is 0 Å². The van der Waals surface area contributed by atoms with Crippen LogP contribution in [0.3, 0.4) is 0 Å². The number of halogens is 4. The first-order valence-corrected chi connectivity index (χ1v) is 8.88. The number of aryl methyl sites for hydroxylation is 1. The Morgan fingerprint density at radius 1 is 1.33 bits per heavy atom. The van der Waals surface area contributed by atoms with Crippen molar-refractivity contribution in [3.8, 4) is 0 Å². The Labute approximate surface area is 146 Å². The monoisotopic (exact) mass is 408 g/mol. The first-order chi connectivity index (χ1) is 11.3. The summed E-state index contributed by atoms with van der Waals surface area (Å²) in [6.07, 6.45) is -2.05. The number of fused-ring (bicyclic) bond motifs is 1. The van der Waals surface area contributed by atoms with E-state index in [1.807, 2.05) is 4.90 Å². The minimum atomic E-state index is -4.50. The average Bonchev–Trinajstić information content (AvgIpc) is 3.10. The van der Waals surface area contributed by atoms with Gasteiger partial charge >= 0.3 is 6.18 Å². The van der Waals surface area contributed by atoms with Crippen LogP contribution in [-0.2, 0) is 17.5 Å². The number of nitrogens with zero attached hydrogens (tertiary/aromatic N) is 4. The standard InChI is InChI=1S/C15H20BrF3N4O/c1-10-13(16)14(15(17,18)19)20-23(10)6-4-12(24)22-8-7-21-5-2-3-11(21)9-22/h11H,2-9H2,1H3. The molecule has 24 heavy (non-hydrogen) atoms. The summed E-state index contributed by atoms with van der Waals surface area (Å²) in [5, 5.41) is 3.62. The Morgan fingerprint density at radius 3 is 2.75 bits per heavy atom. The van der Waals surface area contributed by atoms with Gasteiger partial charge in [-0.15, -0.1) is 0 Å². The number of alkyl halides is 3. The van der Waals surface area contributed by atoms with Gasteiger partial charge in [0.1, 0.15) is 0 Å². The van der Waals surface area contributed by atoms with Crippen LogP contribution in [0, 0.1) is 6.92 Å². The van der Waals surface area contributed by atoms with Gasteiger partial charge in [0.05, 0.1) is 16.7 Å². The van der Waals surface area contributed by atoms with E-state index in [9.17, 15) is 18.0 Å². The molecule has 2 saturated heterocycles. The average molecular weight is 409 g/mol. The molecule has 5 nitrogen and oxygen atoms in total. The van der Waals surface area contributed by atoms with E-state index in [2.05, 4.69) is 25.9 Å². The number of hydrogen-bond acceptors (Lipinski definition) is 3. The summed E-state index contributed by atoms with van der Waals surface area (Å²) in [4.78, 5) is 16.6. The first kappa shape index (κ1) is 17.7. The van der Waals surface area contributed by atoms with Gasteiger partial charge in [-0.1, -0.05) is 0 Å². The predicted molar refractivity (Wildman–Crippen MR) is 85.5 cm³/mol. The molecule has 1 unspecified atom stereocenters. The summed E-state index contributed by atoms with van der Waals surface area (Å²) < 4.78 is 39.8. The lowest BCUT2D eigenvalue weighted by molar-refractivity contribution is -0.142. The van der Waals surface area contributed by atoms with Crippen molar-refractivity contribution < 1.29 is 18.0 Å². The highest BCUT2D eigenvalue weighted by atomic mass is 79.9. The van der Waals surface area contributed by atoms with Crippen LogP contribution < -0.4 is 0 Å². The Balaban J connectivity index is 1.60. The van der Waals surface area contributed by atoms with Crippen LogP contribution in [0.4, 0.5) is 13.2 Å². The van der Waals surface area contributed by atoms with Crippen molar-refractivity contribution in [1.29, 1.82) is 0 Å². The molecule has 1 amide bonds. The SMILES string of the molecule is Cc1c(Br)c(C(F)(F)F)nn1CCC(=O)N1CCN2CCCC2C1. The molecule has 0 radical (unpaired) electrons. The van der Waals surface area contributed by atoms with E-state index >= 15 is 0 Å². The highest BCUT2D eigenvalue weighted by Crippen LogP contribution is 2.35. The summed E-state index contributed by atoms with van der Waals surface area (Å²) in [5.74, 6) is -0.0128. The molecule has 0 aromatic carbocycles. The topological polar surface area (TPSA) is 41.4 Å². The fraction of sp³-hybridized carbons (Fsp3) is 0.733. The molecule has 1 aromatic rings. The van der Waals surface area contributed by atoms with E-state index in [0.29, 0.717) is 18.3 Å². The molecule has 0 spiro atoms. The molecular formula is C15H20BrF3N4O. The van der Waals surface area contributed by atoms with Crippen molar-refractivity contribution in [2.45, 2.75) is 44.9 Å². The Bertz CT molecular complexity index is 631. The molecule has 1 atom stereocenters. The van der Waals surface area contributed by atoms with Crippen molar-refractivity contribution in [1.82, 2.24) is 19.6 Å². The van der Waals surface area contributed by atoms with Crippen LogP contribution in [0.5, 0.6) is 0 Å². The van der Waals surface area contributed by atoms with Crippen LogP contribution in [0.25, 0.3) is 0 Å². The van der Waals surface area contributed by atoms with E-state index < -0.39 is 11.9 Å². The fourth-order valence-corrected chi connectivity index (χ4v) is 4.01. The summed E-state index contributed by atoms with van der Waals surface area (Å²) in [6.45, 7) is 5.14. The van der Waals surface area contributed by atoms with Gasteiger partial charge < -0.3 is 4.90 Å². The lowest BCUT2D eigenvalue weighted by Gasteiger charge is -2.37. The second kappa shape index (κ2) is 6.67.